The summed E-state index contributed by atoms with van der Waals surface area (Å²) in [6.07, 6.45) is 2.23. The maximum absolute atomic E-state index is 13.5. The zero-order valence-corrected chi connectivity index (χ0v) is 11.2. The summed E-state index contributed by atoms with van der Waals surface area (Å²) >= 11 is 5.69. The van der Waals surface area contributed by atoms with Gasteiger partial charge in [0, 0.05) is 26.3 Å². The highest BCUT2D eigenvalue weighted by Crippen LogP contribution is 2.29. The summed E-state index contributed by atoms with van der Waals surface area (Å²) in [4.78, 5) is 1.97. The number of halogens is 2. The van der Waals surface area contributed by atoms with Crippen molar-refractivity contribution in [3.8, 4) is 0 Å². The van der Waals surface area contributed by atoms with Crippen LogP contribution in [-0.2, 0) is 4.74 Å². The van der Waals surface area contributed by atoms with E-state index >= 15 is 0 Å². The van der Waals surface area contributed by atoms with Gasteiger partial charge in [-0.3, -0.25) is 0 Å². The van der Waals surface area contributed by atoms with Gasteiger partial charge in [0.2, 0.25) is 0 Å². The second-order valence-corrected chi connectivity index (χ2v) is 5.20. The van der Waals surface area contributed by atoms with E-state index in [1.807, 2.05) is 11.9 Å². The number of anilines is 2. The predicted molar refractivity (Wildman–Crippen MR) is 72.6 cm³/mol. The van der Waals surface area contributed by atoms with E-state index in [4.69, 9.17) is 22.1 Å². The van der Waals surface area contributed by atoms with Crippen LogP contribution in [0.2, 0.25) is 5.02 Å². The van der Waals surface area contributed by atoms with Crippen LogP contribution < -0.4 is 10.6 Å². The molecule has 100 valence electrons. The van der Waals surface area contributed by atoms with Crippen LogP contribution in [0.15, 0.2) is 12.1 Å². The van der Waals surface area contributed by atoms with Crippen LogP contribution in [-0.4, -0.2) is 26.8 Å². The van der Waals surface area contributed by atoms with E-state index < -0.39 is 5.82 Å². The number of hydrogen-bond acceptors (Lipinski definition) is 3. The lowest BCUT2D eigenvalue weighted by atomic mass is 10.0. The van der Waals surface area contributed by atoms with E-state index in [-0.39, 0.29) is 5.02 Å². The predicted octanol–water partition coefficient (Wildman–Crippen LogP) is 2.92. The van der Waals surface area contributed by atoms with Crippen LogP contribution in [0.3, 0.4) is 0 Å². The van der Waals surface area contributed by atoms with Crippen molar-refractivity contribution in [1.29, 1.82) is 0 Å². The van der Waals surface area contributed by atoms with Gasteiger partial charge in [-0.1, -0.05) is 11.6 Å². The second-order valence-electron chi connectivity index (χ2n) is 4.79. The van der Waals surface area contributed by atoms with E-state index in [0.29, 0.717) is 17.3 Å². The normalized spacial score (nSPS) is 19.8. The molecule has 1 aliphatic heterocycles. The molecule has 0 aromatic heterocycles. The lowest BCUT2D eigenvalue weighted by Crippen LogP contribution is -2.31. The van der Waals surface area contributed by atoms with E-state index in [9.17, 15) is 4.39 Å². The third kappa shape index (κ3) is 3.06. The van der Waals surface area contributed by atoms with Gasteiger partial charge in [0.05, 0.1) is 23.0 Å². The number of nitrogen functional groups attached to an aromatic ring is 1. The fourth-order valence-corrected chi connectivity index (χ4v) is 2.49. The van der Waals surface area contributed by atoms with Gasteiger partial charge in [-0.05, 0) is 24.8 Å². The van der Waals surface area contributed by atoms with Crippen molar-refractivity contribution >= 4 is 23.0 Å². The third-order valence-corrected chi connectivity index (χ3v) is 3.56. The molecule has 1 heterocycles. The van der Waals surface area contributed by atoms with E-state index in [1.165, 1.54) is 12.1 Å². The van der Waals surface area contributed by atoms with Crippen LogP contribution in [0.25, 0.3) is 0 Å². The highest BCUT2D eigenvalue weighted by atomic mass is 35.5. The molecule has 0 radical (unpaired) electrons. The fraction of sp³-hybridized carbons (Fsp3) is 0.538. The lowest BCUT2D eigenvalue weighted by Gasteiger charge is -2.29. The minimum Gasteiger partial charge on any atom is -0.397 e. The number of nitrogens with zero attached hydrogens (tertiary/aromatic N) is 1. The van der Waals surface area contributed by atoms with Crippen molar-refractivity contribution in [2.24, 2.45) is 5.92 Å². The van der Waals surface area contributed by atoms with Gasteiger partial charge in [-0.25, -0.2) is 4.39 Å². The first-order valence-corrected chi connectivity index (χ1v) is 6.49. The standard InChI is InChI=1S/C13H18ClFN2O/c1-17(7-9-3-2-4-18-8-9)13-6-11(15)10(14)5-12(13)16/h5-6,9H,2-4,7-8,16H2,1H3. The van der Waals surface area contributed by atoms with Crippen molar-refractivity contribution in [3.63, 3.8) is 0 Å². The Balaban J connectivity index is 2.08. The molecule has 1 fully saturated rings. The Bertz CT molecular complexity index is 422. The molecule has 0 saturated carbocycles. The van der Waals surface area contributed by atoms with Crippen LogP contribution in [0.5, 0.6) is 0 Å². The Morgan fingerprint density at radius 1 is 1.56 bits per heavy atom. The number of benzene rings is 1. The van der Waals surface area contributed by atoms with Crippen molar-refractivity contribution in [2.45, 2.75) is 12.8 Å². The molecule has 0 aliphatic carbocycles. The monoisotopic (exact) mass is 272 g/mol. The van der Waals surface area contributed by atoms with Gasteiger partial charge in [-0.15, -0.1) is 0 Å². The van der Waals surface area contributed by atoms with Crippen LogP contribution in [0.4, 0.5) is 15.8 Å². The van der Waals surface area contributed by atoms with Crippen molar-refractivity contribution in [3.05, 3.63) is 23.0 Å². The molecule has 1 aromatic rings. The van der Waals surface area contributed by atoms with Crippen molar-refractivity contribution in [2.75, 3.05) is 37.4 Å². The minimum atomic E-state index is -0.437. The average molecular weight is 273 g/mol. The summed E-state index contributed by atoms with van der Waals surface area (Å²) in [5.41, 5.74) is 7.06. The first-order valence-electron chi connectivity index (χ1n) is 6.11. The number of hydrogen-bond donors (Lipinski definition) is 1. The summed E-state index contributed by atoms with van der Waals surface area (Å²) in [5.74, 6) is 0.0366. The second kappa shape index (κ2) is 5.76. The molecule has 2 rings (SSSR count). The summed E-state index contributed by atoms with van der Waals surface area (Å²) in [5, 5.41) is 0.0608. The Morgan fingerprint density at radius 3 is 3.00 bits per heavy atom. The van der Waals surface area contributed by atoms with E-state index in [1.54, 1.807) is 0 Å². The third-order valence-electron chi connectivity index (χ3n) is 3.27. The van der Waals surface area contributed by atoms with Gasteiger partial charge in [0.25, 0.3) is 0 Å². The molecule has 0 amide bonds. The lowest BCUT2D eigenvalue weighted by molar-refractivity contribution is 0.0576. The molecular weight excluding hydrogens is 255 g/mol. The van der Waals surface area contributed by atoms with Crippen LogP contribution >= 0.6 is 11.6 Å². The van der Waals surface area contributed by atoms with E-state index in [2.05, 4.69) is 0 Å². The first kappa shape index (κ1) is 13.4. The number of rotatable bonds is 3. The zero-order valence-electron chi connectivity index (χ0n) is 10.5. The van der Waals surface area contributed by atoms with Crippen molar-refractivity contribution < 1.29 is 9.13 Å². The maximum Gasteiger partial charge on any atom is 0.144 e. The average Bonchev–Trinajstić information content (AvgIpc) is 2.35. The smallest absolute Gasteiger partial charge is 0.144 e. The largest absolute Gasteiger partial charge is 0.397 e. The molecule has 5 heteroatoms. The summed E-state index contributed by atoms with van der Waals surface area (Å²) in [6.45, 7) is 2.42. The molecule has 18 heavy (non-hydrogen) atoms. The molecule has 0 spiro atoms. The van der Waals surface area contributed by atoms with Gasteiger partial charge >= 0.3 is 0 Å². The Hall–Kier alpha value is -1.00. The van der Waals surface area contributed by atoms with Crippen molar-refractivity contribution in [1.82, 2.24) is 0 Å². The number of ether oxygens (including phenoxy) is 1. The first-order chi connectivity index (χ1) is 8.58. The molecule has 1 atom stereocenters. The van der Waals surface area contributed by atoms with Gasteiger partial charge < -0.3 is 15.4 Å². The Labute approximate surface area is 112 Å². The summed E-state index contributed by atoms with van der Waals surface area (Å²) in [6, 6.07) is 2.85. The quantitative estimate of drug-likeness (QED) is 0.860. The zero-order chi connectivity index (χ0) is 13.1. The Kier molecular flexibility index (Phi) is 4.30. The molecule has 0 bridgehead atoms. The topological polar surface area (TPSA) is 38.5 Å². The fourth-order valence-electron chi connectivity index (χ4n) is 2.32. The molecule has 3 nitrogen and oxygen atoms in total. The van der Waals surface area contributed by atoms with E-state index in [0.717, 1.165) is 32.6 Å². The molecule has 1 unspecified atom stereocenters. The summed E-state index contributed by atoms with van der Waals surface area (Å²) < 4.78 is 18.9. The molecule has 1 aromatic carbocycles. The van der Waals surface area contributed by atoms with Crippen LogP contribution in [0, 0.1) is 11.7 Å². The molecule has 1 saturated heterocycles. The molecule has 1 aliphatic rings. The Morgan fingerprint density at radius 2 is 2.33 bits per heavy atom. The van der Waals surface area contributed by atoms with Crippen LogP contribution in [0.1, 0.15) is 12.8 Å². The minimum absolute atomic E-state index is 0.0608. The summed E-state index contributed by atoms with van der Waals surface area (Å²) in [7, 11) is 1.91. The van der Waals surface area contributed by atoms with Gasteiger partial charge in [0.15, 0.2) is 0 Å². The van der Waals surface area contributed by atoms with Gasteiger partial charge in [-0.2, -0.15) is 0 Å². The highest BCUT2D eigenvalue weighted by molar-refractivity contribution is 6.31. The number of nitrogens with two attached hydrogens (primary N) is 1. The SMILES string of the molecule is CN(CC1CCCOC1)c1cc(F)c(Cl)cc1N. The van der Waals surface area contributed by atoms with Gasteiger partial charge in [0.1, 0.15) is 5.82 Å². The molecular formula is C13H18ClFN2O. The highest BCUT2D eigenvalue weighted by Gasteiger charge is 2.18. The maximum atomic E-state index is 13.5. The molecule has 2 N–H and O–H groups in total.